The van der Waals surface area contributed by atoms with Gasteiger partial charge in [0.1, 0.15) is 0 Å². The molecular formula is C10H24N2O. The first-order valence-electron chi connectivity index (χ1n) is 5.32. The highest BCUT2D eigenvalue weighted by molar-refractivity contribution is 4.57. The van der Waals surface area contributed by atoms with Gasteiger partial charge in [-0.2, -0.15) is 0 Å². The average Bonchev–Trinajstić information content (AvgIpc) is 2.19. The van der Waals surface area contributed by atoms with Crippen LogP contribution in [0.3, 0.4) is 0 Å². The summed E-state index contributed by atoms with van der Waals surface area (Å²) in [6, 6.07) is 0. The Hall–Kier alpha value is -0.120. The van der Waals surface area contributed by atoms with E-state index in [-0.39, 0.29) is 6.10 Å². The Balaban J connectivity index is 3.41. The third-order valence-corrected chi connectivity index (χ3v) is 2.37. The minimum atomic E-state index is 0.246. The first-order chi connectivity index (χ1) is 6.28. The zero-order chi connectivity index (χ0) is 10.1. The van der Waals surface area contributed by atoms with Gasteiger partial charge in [0.15, 0.2) is 0 Å². The fraction of sp³-hybridized carbons (Fsp3) is 1.00. The number of nitrogens with zero attached hydrogens (tertiary/aromatic N) is 1. The summed E-state index contributed by atoms with van der Waals surface area (Å²) in [5, 5.41) is 0. The highest BCUT2D eigenvalue weighted by atomic mass is 16.5. The van der Waals surface area contributed by atoms with E-state index >= 15 is 0 Å². The highest BCUT2D eigenvalue weighted by Gasteiger charge is 2.04. The molecule has 0 aromatic rings. The predicted octanol–water partition coefficient (Wildman–Crippen LogP) is 1.08. The molecule has 13 heavy (non-hydrogen) atoms. The molecule has 0 rings (SSSR count). The van der Waals surface area contributed by atoms with Gasteiger partial charge < -0.3 is 15.4 Å². The molecule has 3 heteroatoms. The van der Waals surface area contributed by atoms with E-state index in [1.807, 2.05) is 0 Å². The van der Waals surface area contributed by atoms with Gasteiger partial charge in [-0.15, -0.1) is 0 Å². The number of hydrogen-bond donors (Lipinski definition) is 1. The van der Waals surface area contributed by atoms with Crippen LogP contribution >= 0.6 is 0 Å². The summed E-state index contributed by atoms with van der Waals surface area (Å²) in [6.07, 6.45) is 1.25. The van der Waals surface area contributed by atoms with E-state index in [1.165, 1.54) is 0 Å². The molecule has 0 aliphatic carbocycles. The molecule has 2 N–H and O–H groups in total. The van der Waals surface area contributed by atoms with Crippen molar-refractivity contribution in [2.24, 2.45) is 5.73 Å². The third-order valence-electron chi connectivity index (χ3n) is 2.37. The van der Waals surface area contributed by atoms with Crippen molar-refractivity contribution in [2.45, 2.75) is 33.3 Å². The van der Waals surface area contributed by atoms with Gasteiger partial charge in [0.05, 0.1) is 12.7 Å². The van der Waals surface area contributed by atoms with Crippen LogP contribution in [-0.4, -0.2) is 43.8 Å². The second kappa shape index (κ2) is 8.48. The molecule has 0 saturated carbocycles. The molecule has 0 aromatic carbocycles. The minimum absolute atomic E-state index is 0.246. The van der Waals surface area contributed by atoms with Crippen molar-refractivity contribution in [1.82, 2.24) is 4.90 Å². The van der Waals surface area contributed by atoms with Crippen molar-refractivity contribution < 1.29 is 4.74 Å². The topological polar surface area (TPSA) is 38.5 Å². The van der Waals surface area contributed by atoms with Crippen molar-refractivity contribution in [3.05, 3.63) is 0 Å². The Bertz CT molecular complexity index is 89.1. The maximum absolute atomic E-state index is 5.61. The van der Waals surface area contributed by atoms with Gasteiger partial charge in [0, 0.05) is 13.1 Å². The molecular weight excluding hydrogens is 164 g/mol. The smallest absolute Gasteiger partial charge is 0.0695 e. The lowest BCUT2D eigenvalue weighted by molar-refractivity contribution is 0.0421. The number of hydrogen-bond acceptors (Lipinski definition) is 3. The van der Waals surface area contributed by atoms with Crippen molar-refractivity contribution in [2.75, 3.05) is 32.8 Å². The standard InChI is InChI=1S/C10H24N2O/c1-4-10(9-11)13-8-7-12(5-2)6-3/h10H,4-9,11H2,1-3H3. The Morgan fingerprint density at radius 2 is 1.85 bits per heavy atom. The zero-order valence-electron chi connectivity index (χ0n) is 9.25. The lowest BCUT2D eigenvalue weighted by atomic mass is 10.3. The highest BCUT2D eigenvalue weighted by Crippen LogP contribution is 1.96. The van der Waals surface area contributed by atoms with E-state index in [1.54, 1.807) is 0 Å². The molecule has 0 bridgehead atoms. The number of rotatable bonds is 8. The first kappa shape index (κ1) is 12.9. The van der Waals surface area contributed by atoms with E-state index < -0.39 is 0 Å². The van der Waals surface area contributed by atoms with Crippen LogP contribution in [0.5, 0.6) is 0 Å². The Labute approximate surface area is 82.2 Å². The molecule has 0 aliphatic heterocycles. The number of likely N-dealkylation sites (N-methyl/N-ethyl adjacent to an activating group) is 1. The molecule has 0 radical (unpaired) electrons. The molecule has 0 fully saturated rings. The van der Waals surface area contributed by atoms with Crippen LogP contribution in [0.1, 0.15) is 27.2 Å². The average molecular weight is 188 g/mol. The van der Waals surface area contributed by atoms with Crippen LogP contribution in [0.4, 0.5) is 0 Å². The van der Waals surface area contributed by atoms with E-state index in [2.05, 4.69) is 25.7 Å². The van der Waals surface area contributed by atoms with Crippen molar-refractivity contribution >= 4 is 0 Å². The van der Waals surface area contributed by atoms with Crippen LogP contribution in [-0.2, 0) is 4.74 Å². The van der Waals surface area contributed by atoms with Crippen LogP contribution in [0.15, 0.2) is 0 Å². The quantitative estimate of drug-likeness (QED) is 0.619. The monoisotopic (exact) mass is 188 g/mol. The summed E-state index contributed by atoms with van der Waals surface area (Å²) in [5.74, 6) is 0. The first-order valence-corrected chi connectivity index (χ1v) is 5.32. The zero-order valence-corrected chi connectivity index (χ0v) is 9.25. The van der Waals surface area contributed by atoms with E-state index in [9.17, 15) is 0 Å². The molecule has 0 aliphatic rings. The van der Waals surface area contributed by atoms with Gasteiger partial charge in [0.25, 0.3) is 0 Å². The van der Waals surface area contributed by atoms with E-state index in [0.717, 1.165) is 32.7 Å². The van der Waals surface area contributed by atoms with Crippen LogP contribution < -0.4 is 5.73 Å². The summed E-state index contributed by atoms with van der Waals surface area (Å²) in [6.45, 7) is 11.1. The second-order valence-electron chi connectivity index (χ2n) is 3.16. The van der Waals surface area contributed by atoms with Gasteiger partial charge in [-0.05, 0) is 19.5 Å². The fourth-order valence-electron chi connectivity index (χ4n) is 1.24. The summed E-state index contributed by atoms with van der Waals surface area (Å²) in [4.78, 5) is 2.35. The maximum atomic E-state index is 5.61. The van der Waals surface area contributed by atoms with Gasteiger partial charge in [-0.1, -0.05) is 20.8 Å². The largest absolute Gasteiger partial charge is 0.376 e. The SMILES string of the molecule is CCC(CN)OCCN(CC)CC. The summed E-state index contributed by atoms with van der Waals surface area (Å²) < 4.78 is 5.61. The third kappa shape index (κ3) is 6.02. The van der Waals surface area contributed by atoms with Crippen LogP contribution in [0.25, 0.3) is 0 Å². The van der Waals surface area contributed by atoms with Gasteiger partial charge in [0.2, 0.25) is 0 Å². The van der Waals surface area contributed by atoms with E-state index in [0.29, 0.717) is 6.54 Å². The molecule has 80 valence electrons. The van der Waals surface area contributed by atoms with E-state index in [4.69, 9.17) is 10.5 Å². The Morgan fingerprint density at radius 3 is 2.23 bits per heavy atom. The molecule has 1 atom stereocenters. The van der Waals surface area contributed by atoms with Crippen molar-refractivity contribution in [3.63, 3.8) is 0 Å². The maximum Gasteiger partial charge on any atom is 0.0695 e. The normalized spacial score (nSPS) is 13.6. The summed E-state index contributed by atoms with van der Waals surface area (Å²) in [7, 11) is 0. The Kier molecular flexibility index (Phi) is 8.40. The minimum Gasteiger partial charge on any atom is -0.376 e. The molecule has 0 heterocycles. The Morgan fingerprint density at radius 1 is 1.23 bits per heavy atom. The lowest BCUT2D eigenvalue weighted by Gasteiger charge is -2.20. The fourth-order valence-corrected chi connectivity index (χ4v) is 1.24. The van der Waals surface area contributed by atoms with Crippen LogP contribution in [0, 0.1) is 0 Å². The summed E-state index contributed by atoms with van der Waals surface area (Å²) >= 11 is 0. The van der Waals surface area contributed by atoms with Gasteiger partial charge in [-0.3, -0.25) is 0 Å². The second-order valence-corrected chi connectivity index (χ2v) is 3.16. The lowest BCUT2D eigenvalue weighted by Crippen LogP contribution is -2.30. The molecule has 1 unspecified atom stereocenters. The molecule has 0 aromatic heterocycles. The molecule has 0 amide bonds. The van der Waals surface area contributed by atoms with Crippen molar-refractivity contribution in [3.8, 4) is 0 Å². The molecule has 0 saturated heterocycles. The van der Waals surface area contributed by atoms with Crippen molar-refractivity contribution in [1.29, 1.82) is 0 Å². The van der Waals surface area contributed by atoms with Gasteiger partial charge >= 0.3 is 0 Å². The number of nitrogens with two attached hydrogens (primary N) is 1. The predicted molar refractivity (Wildman–Crippen MR) is 56.9 cm³/mol. The molecule has 0 spiro atoms. The molecule has 3 nitrogen and oxygen atoms in total. The summed E-state index contributed by atoms with van der Waals surface area (Å²) in [5.41, 5.74) is 5.53. The van der Waals surface area contributed by atoms with Crippen LogP contribution in [0.2, 0.25) is 0 Å². The van der Waals surface area contributed by atoms with Gasteiger partial charge in [-0.25, -0.2) is 0 Å². The number of ether oxygens (including phenoxy) is 1.